The molecule has 0 radical (unpaired) electrons. The van der Waals surface area contributed by atoms with Crippen molar-refractivity contribution < 1.29 is 14.4 Å². The minimum atomic E-state index is -0.699. The number of benzene rings is 2. The molecule has 4 amide bonds. The molecule has 1 fully saturated rings. The van der Waals surface area contributed by atoms with Crippen molar-refractivity contribution in [1.82, 2.24) is 10.2 Å². The summed E-state index contributed by atoms with van der Waals surface area (Å²) in [4.78, 5) is 39.4. The van der Waals surface area contributed by atoms with E-state index in [1.54, 1.807) is 6.08 Å². The molecule has 3 aromatic rings. The second-order valence-electron chi connectivity index (χ2n) is 6.73. The fraction of sp³-hybridized carbons (Fsp3) is 0.0455. The van der Waals surface area contributed by atoms with E-state index in [1.165, 1.54) is 27.3 Å². The number of nitrogens with one attached hydrogen (secondary N) is 1. The van der Waals surface area contributed by atoms with Gasteiger partial charge < -0.3 is 0 Å². The van der Waals surface area contributed by atoms with Gasteiger partial charge in [0.25, 0.3) is 0 Å². The Morgan fingerprint density at radius 3 is 2.17 bits per heavy atom. The molecule has 0 atom stereocenters. The van der Waals surface area contributed by atoms with E-state index in [0.717, 1.165) is 13.9 Å². The molecule has 2 aliphatic rings. The number of carbonyl (C=O) groups is 3. The molecule has 2 aliphatic heterocycles. The van der Waals surface area contributed by atoms with Crippen LogP contribution < -0.4 is 19.1 Å². The number of rotatable bonds is 2. The number of anilines is 3. The van der Waals surface area contributed by atoms with E-state index in [-0.39, 0.29) is 35.0 Å². The Hall–Kier alpha value is -2.89. The molecule has 30 heavy (non-hydrogen) atoms. The molecule has 1 saturated heterocycles. The Kier molecular flexibility index (Phi) is 4.72. The van der Waals surface area contributed by atoms with Gasteiger partial charge in [0.2, 0.25) is 0 Å². The number of amides is 4. The normalized spacial score (nSPS) is 17.1. The molecule has 2 aromatic carbocycles. The molecular weight excluding hydrogens is 512 g/mol. The molecule has 3 heterocycles. The van der Waals surface area contributed by atoms with Crippen LogP contribution in [0, 0.1) is 0 Å². The minimum absolute atomic E-state index is 0.0114. The van der Waals surface area contributed by atoms with Gasteiger partial charge in [-0.3, -0.25) is 0 Å². The predicted molar refractivity (Wildman–Crippen MR) is 117 cm³/mol. The van der Waals surface area contributed by atoms with Gasteiger partial charge >= 0.3 is 185 Å². The molecular formula is C22H15N3O3Se2. The van der Waals surface area contributed by atoms with E-state index in [4.69, 9.17) is 0 Å². The third-order valence-corrected chi connectivity index (χ3v) is 9.36. The van der Waals surface area contributed by atoms with Crippen LogP contribution in [-0.2, 0) is 9.59 Å². The van der Waals surface area contributed by atoms with E-state index >= 15 is 0 Å². The summed E-state index contributed by atoms with van der Waals surface area (Å²) in [7, 11) is 1.36. The van der Waals surface area contributed by atoms with Crippen molar-refractivity contribution >= 4 is 78.2 Å². The van der Waals surface area contributed by atoms with Crippen molar-refractivity contribution in [2.24, 2.45) is 0 Å². The van der Waals surface area contributed by atoms with Gasteiger partial charge in [0.1, 0.15) is 0 Å². The Balaban J connectivity index is 1.56. The molecule has 1 N–H and O–H groups in total. The van der Waals surface area contributed by atoms with Crippen LogP contribution >= 0.6 is 0 Å². The van der Waals surface area contributed by atoms with Crippen molar-refractivity contribution in [3.05, 3.63) is 70.7 Å². The number of hydrogen-bond donors (Lipinski definition) is 1. The quantitative estimate of drug-likeness (QED) is 0.242. The summed E-state index contributed by atoms with van der Waals surface area (Å²) in [5.74, 6) is -1.23. The Bertz CT molecular complexity index is 1200. The standard InChI is InChI=1S/C22H15N3O3Se2/c1-24-21(27)14(20(26)23-22(24)28)12-13-10-11-19(29-13)25-15-6-2-4-8-17(15)30-18-9-5-3-7-16(18)25/h2-12H,1H3,(H,23,26,28)/b14-12+. The van der Waals surface area contributed by atoms with Gasteiger partial charge in [0.05, 0.1) is 0 Å². The van der Waals surface area contributed by atoms with Crippen LogP contribution in [0.2, 0.25) is 0 Å². The van der Waals surface area contributed by atoms with E-state index in [0.29, 0.717) is 0 Å². The van der Waals surface area contributed by atoms with Gasteiger partial charge in [0.15, 0.2) is 0 Å². The van der Waals surface area contributed by atoms with Gasteiger partial charge in [-0.15, -0.1) is 0 Å². The Morgan fingerprint density at radius 1 is 0.867 bits per heavy atom. The van der Waals surface area contributed by atoms with Gasteiger partial charge in [-0.25, -0.2) is 0 Å². The molecule has 0 unspecified atom stereocenters. The van der Waals surface area contributed by atoms with Crippen molar-refractivity contribution in [2.75, 3.05) is 11.9 Å². The van der Waals surface area contributed by atoms with Crippen LogP contribution in [0.3, 0.4) is 0 Å². The molecule has 0 bridgehead atoms. The third-order valence-electron chi connectivity index (χ3n) is 4.86. The third kappa shape index (κ3) is 3.15. The van der Waals surface area contributed by atoms with Crippen molar-refractivity contribution in [2.45, 2.75) is 0 Å². The van der Waals surface area contributed by atoms with E-state index in [9.17, 15) is 14.4 Å². The van der Waals surface area contributed by atoms with Gasteiger partial charge in [-0.2, -0.15) is 0 Å². The number of barbiturate groups is 1. The SMILES string of the molecule is CN1C(=O)NC(=O)/C(=C\c2ccc(N3c4ccccc4[Se]c4ccccc43)[se]2)C1=O. The van der Waals surface area contributed by atoms with Crippen LogP contribution in [0.1, 0.15) is 4.44 Å². The second-order valence-corrected chi connectivity index (χ2v) is 11.3. The molecule has 0 aliphatic carbocycles. The zero-order valence-electron chi connectivity index (χ0n) is 15.8. The van der Waals surface area contributed by atoms with Crippen LogP contribution in [0.4, 0.5) is 20.7 Å². The topological polar surface area (TPSA) is 69.7 Å². The van der Waals surface area contributed by atoms with Gasteiger partial charge in [-0.1, -0.05) is 0 Å². The second kappa shape index (κ2) is 7.42. The first-order valence-corrected chi connectivity index (χ1v) is 12.6. The number of nitrogens with zero attached hydrogens (tertiary/aromatic N) is 2. The number of imide groups is 2. The average molecular weight is 527 g/mol. The molecule has 8 heteroatoms. The summed E-state index contributed by atoms with van der Waals surface area (Å²) < 4.78 is 4.70. The molecule has 148 valence electrons. The fourth-order valence-electron chi connectivity index (χ4n) is 3.37. The molecule has 6 nitrogen and oxygen atoms in total. The Labute approximate surface area is 185 Å². The first kappa shape index (κ1) is 19.1. The zero-order valence-corrected chi connectivity index (χ0v) is 19.2. The first-order chi connectivity index (χ1) is 14.5. The summed E-state index contributed by atoms with van der Waals surface area (Å²) in [5, 5.41) is 2.20. The van der Waals surface area contributed by atoms with Crippen LogP contribution in [0.25, 0.3) is 6.08 Å². The van der Waals surface area contributed by atoms with Gasteiger partial charge in [-0.05, 0) is 0 Å². The average Bonchev–Trinajstić information content (AvgIpc) is 3.21. The maximum atomic E-state index is 12.4. The number of likely N-dealkylation sites (N-methyl/N-ethyl adjacent to an activating group) is 1. The first-order valence-electron chi connectivity index (χ1n) is 9.14. The molecule has 5 rings (SSSR count). The number of urea groups is 1. The van der Waals surface area contributed by atoms with Crippen LogP contribution in [0.5, 0.6) is 0 Å². The maximum absolute atomic E-state index is 12.4. The van der Waals surface area contributed by atoms with Crippen molar-refractivity contribution in [3.8, 4) is 0 Å². The molecule has 0 spiro atoms. The summed E-state index contributed by atoms with van der Waals surface area (Å²) in [6, 6.07) is 20.2. The Morgan fingerprint density at radius 2 is 1.50 bits per heavy atom. The van der Waals surface area contributed by atoms with Crippen molar-refractivity contribution in [1.29, 1.82) is 0 Å². The van der Waals surface area contributed by atoms with Crippen LogP contribution in [0.15, 0.2) is 66.2 Å². The van der Waals surface area contributed by atoms with Crippen molar-refractivity contribution in [3.63, 3.8) is 0 Å². The predicted octanol–water partition coefficient (Wildman–Crippen LogP) is 1.27. The van der Waals surface area contributed by atoms with E-state index in [1.807, 2.05) is 18.2 Å². The van der Waals surface area contributed by atoms with Crippen LogP contribution in [-0.4, -0.2) is 59.3 Å². The summed E-state index contributed by atoms with van der Waals surface area (Å²) in [6.45, 7) is 0. The monoisotopic (exact) mass is 529 g/mol. The van der Waals surface area contributed by atoms with E-state index < -0.39 is 17.8 Å². The van der Waals surface area contributed by atoms with E-state index in [2.05, 4.69) is 52.7 Å². The van der Waals surface area contributed by atoms with Gasteiger partial charge in [0, 0.05) is 0 Å². The fourth-order valence-corrected chi connectivity index (χ4v) is 7.64. The zero-order chi connectivity index (χ0) is 20.8. The summed E-state index contributed by atoms with van der Waals surface area (Å²) in [6.07, 6.45) is 1.61. The number of hydrogen-bond acceptors (Lipinski definition) is 4. The number of para-hydroxylation sites is 2. The summed E-state index contributed by atoms with van der Waals surface area (Å²) in [5.41, 5.74) is 2.36. The molecule has 0 saturated carbocycles. The number of fused-ring (bicyclic) bond motifs is 2. The summed E-state index contributed by atoms with van der Waals surface area (Å²) >= 11 is 0.149. The number of carbonyl (C=O) groups excluding carboxylic acids is 3. The molecule has 1 aromatic heterocycles.